The summed E-state index contributed by atoms with van der Waals surface area (Å²) in [5, 5.41) is 7.33. The molecule has 24 heavy (non-hydrogen) atoms. The van der Waals surface area contributed by atoms with Gasteiger partial charge in [0.25, 0.3) is 0 Å². The number of hydrogen-bond acceptors (Lipinski definition) is 4. The number of nitrogens with zero attached hydrogens (tertiary/aromatic N) is 4. The van der Waals surface area contributed by atoms with E-state index in [9.17, 15) is 18.0 Å². The third kappa shape index (κ3) is 3.15. The van der Waals surface area contributed by atoms with Gasteiger partial charge in [0.05, 0.1) is 11.7 Å². The molecule has 0 spiro atoms. The summed E-state index contributed by atoms with van der Waals surface area (Å²) in [6, 6.07) is 2.49. The maximum atomic E-state index is 12.7. The van der Waals surface area contributed by atoms with Crippen LogP contribution in [0.15, 0.2) is 16.7 Å². The molecule has 0 aromatic carbocycles. The second-order valence-corrected chi connectivity index (χ2v) is 5.94. The minimum absolute atomic E-state index is 0.225. The van der Waals surface area contributed by atoms with Crippen LogP contribution in [0.5, 0.6) is 0 Å². The summed E-state index contributed by atoms with van der Waals surface area (Å²) in [6.45, 7) is 3.60. The highest BCUT2D eigenvalue weighted by Crippen LogP contribution is 2.33. The molecule has 1 atom stereocenters. The lowest BCUT2D eigenvalue weighted by Gasteiger charge is -2.22. The number of carbonyl (C=O) groups excluding carboxylic acids is 1. The maximum Gasteiger partial charge on any atom is 0.435 e. The lowest BCUT2D eigenvalue weighted by Crippen LogP contribution is -2.33. The molecule has 0 bridgehead atoms. The van der Waals surface area contributed by atoms with Gasteiger partial charge in [-0.2, -0.15) is 18.3 Å². The van der Waals surface area contributed by atoms with Gasteiger partial charge >= 0.3 is 6.18 Å². The molecule has 1 aliphatic heterocycles. The van der Waals surface area contributed by atoms with E-state index in [2.05, 4.69) is 10.3 Å². The van der Waals surface area contributed by atoms with E-state index in [-0.39, 0.29) is 18.5 Å². The number of aromatic nitrogens is 3. The van der Waals surface area contributed by atoms with Crippen LogP contribution >= 0.6 is 0 Å². The van der Waals surface area contributed by atoms with E-state index >= 15 is 0 Å². The average Bonchev–Trinajstić information content (AvgIpc) is 3.18. The Labute approximate surface area is 136 Å². The van der Waals surface area contributed by atoms with Gasteiger partial charge in [-0.3, -0.25) is 9.48 Å². The van der Waals surface area contributed by atoms with Crippen molar-refractivity contribution in [2.24, 2.45) is 0 Å². The van der Waals surface area contributed by atoms with Gasteiger partial charge in [0.2, 0.25) is 5.91 Å². The van der Waals surface area contributed by atoms with Crippen molar-refractivity contribution >= 4 is 5.91 Å². The highest BCUT2D eigenvalue weighted by Gasteiger charge is 2.36. The van der Waals surface area contributed by atoms with Crippen LogP contribution in [0.3, 0.4) is 0 Å². The quantitative estimate of drug-likeness (QED) is 0.860. The Morgan fingerprint density at radius 3 is 2.71 bits per heavy atom. The highest BCUT2D eigenvalue weighted by atomic mass is 19.4. The van der Waals surface area contributed by atoms with Gasteiger partial charge in [-0.1, -0.05) is 5.16 Å². The number of alkyl halides is 3. The summed E-state index contributed by atoms with van der Waals surface area (Å²) in [5.74, 6) is 0.318. The van der Waals surface area contributed by atoms with E-state index in [1.807, 2.05) is 0 Å². The molecule has 2 aromatic rings. The Morgan fingerprint density at radius 1 is 1.38 bits per heavy atom. The lowest BCUT2D eigenvalue weighted by atomic mass is 10.1. The third-order valence-electron chi connectivity index (χ3n) is 4.10. The first-order valence-electron chi connectivity index (χ1n) is 7.60. The van der Waals surface area contributed by atoms with E-state index in [1.165, 1.54) is 6.92 Å². The second kappa shape index (κ2) is 5.95. The van der Waals surface area contributed by atoms with E-state index in [4.69, 9.17) is 4.52 Å². The molecule has 1 unspecified atom stereocenters. The van der Waals surface area contributed by atoms with Crippen molar-refractivity contribution in [3.63, 3.8) is 0 Å². The SMILES string of the molecule is Cc1cc(C2CCCN2C(=O)Cn2nc(C(F)(F)F)cc2C)on1. The molecule has 0 aliphatic carbocycles. The van der Waals surface area contributed by atoms with Crippen LogP contribution in [0.25, 0.3) is 0 Å². The van der Waals surface area contributed by atoms with Crippen LogP contribution in [-0.4, -0.2) is 32.3 Å². The normalized spacial score (nSPS) is 18.4. The summed E-state index contributed by atoms with van der Waals surface area (Å²) in [7, 11) is 0. The number of aryl methyl sites for hydroxylation is 2. The maximum absolute atomic E-state index is 12.7. The van der Waals surface area contributed by atoms with Crippen LogP contribution in [0.2, 0.25) is 0 Å². The molecular weight excluding hydrogens is 325 g/mol. The largest absolute Gasteiger partial charge is 0.435 e. The number of halogens is 3. The van der Waals surface area contributed by atoms with Gasteiger partial charge in [0.15, 0.2) is 11.5 Å². The molecule has 3 heterocycles. The molecule has 1 amide bonds. The van der Waals surface area contributed by atoms with Crippen LogP contribution in [0.4, 0.5) is 13.2 Å². The molecule has 1 saturated heterocycles. The number of rotatable bonds is 3. The molecule has 0 radical (unpaired) electrons. The van der Waals surface area contributed by atoms with Crippen molar-refractivity contribution in [1.82, 2.24) is 19.8 Å². The molecule has 9 heteroatoms. The van der Waals surface area contributed by atoms with Crippen molar-refractivity contribution in [2.75, 3.05) is 6.54 Å². The average molecular weight is 342 g/mol. The van der Waals surface area contributed by atoms with Crippen molar-refractivity contribution in [3.05, 3.63) is 35.0 Å². The minimum atomic E-state index is -4.52. The fourth-order valence-corrected chi connectivity index (χ4v) is 2.93. The minimum Gasteiger partial charge on any atom is -0.359 e. The summed E-state index contributed by atoms with van der Waals surface area (Å²) < 4.78 is 44.5. The number of hydrogen-bond donors (Lipinski definition) is 0. The molecule has 2 aromatic heterocycles. The number of likely N-dealkylation sites (tertiary alicyclic amines) is 1. The Balaban J connectivity index is 1.76. The molecule has 1 aliphatic rings. The summed E-state index contributed by atoms with van der Waals surface area (Å²) in [6.07, 6.45) is -2.97. The highest BCUT2D eigenvalue weighted by molar-refractivity contribution is 5.76. The Bertz CT molecular complexity index is 750. The summed E-state index contributed by atoms with van der Waals surface area (Å²) in [4.78, 5) is 14.2. The molecule has 130 valence electrons. The predicted molar refractivity (Wildman–Crippen MR) is 76.9 cm³/mol. The van der Waals surface area contributed by atoms with Gasteiger partial charge in [-0.05, 0) is 32.8 Å². The molecule has 1 fully saturated rings. The summed E-state index contributed by atoms with van der Waals surface area (Å²) in [5.41, 5.74) is 0.0283. The zero-order valence-corrected chi connectivity index (χ0v) is 13.3. The second-order valence-electron chi connectivity index (χ2n) is 5.94. The standard InChI is InChI=1S/C15H17F3N4O2/c1-9-6-12(24-20-9)11-4-3-5-21(11)14(23)8-22-10(2)7-13(19-22)15(16,17)18/h6-7,11H,3-5,8H2,1-2H3. The fraction of sp³-hybridized carbons (Fsp3) is 0.533. The zero-order chi connectivity index (χ0) is 17.5. The van der Waals surface area contributed by atoms with Gasteiger partial charge in [-0.15, -0.1) is 0 Å². The zero-order valence-electron chi connectivity index (χ0n) is 13.3. The van der Waals surface area contributed by atoms with E-state index < -0.39 is 11.9 Å². The number of amides is 1. The lowest BCUT2D eigenvalue weighted by molar-refractivity contribution is -0.142. The Hall–Kier alpha value is -2.32. The molecule has 0 N–H and O–H groups in total. The predicted octanol–water partition coefficient (Wildman–Crippen LogP) is 2.87. The molecule has 3 rings (SSSR count). The van der Waals surface area contributed by atoms with Gasteiger partial charge < -0.3 is 9.42 Å². The Morgan fingerprint density at radius 2 is 2.12 bits per heavy atom. The first-order chi connectivity index (χ1) is 11.3. The van der Waals surface area contributed by atoms with Crippen LogP contribution < -0.4 is 0 Å². The third-order valence-corrected chi connectivity index (χ3v) is 4.10. The van der Waals surface area contributed by atoms with Crippen molar-refractivity contribution < 1.29 is 22.5 Å². The summed E-state index contributed by atoms with van der Waals surface area (Å²) >= 11 is 0. The fourth-order valence-electron chi connectivity index (χ4n) is 2.93. The first kappa shape index (κ1) is 16.5. The van der Waals surface area contributed by atoms with E-state index in [0.29, 0.717) is 18.0 Å². The van der Waals surface area contributed by atoms with E-state index in [0.717, 1.165) is 29.3 Å². The molecule has 0 saturated carbocycles. The van der Waals surface area contributed by atoms with Crippen molar-refractivity contribution in [1.29, 1.82) is 0 Å². The van der Waals surface area contributed by atoms with Gasteiger partial charge in [0, 0.05) is 18.3 Å². The smallest absolute Gasteiger partial charge is 0.359 e. The monoisotopic (exact) mass is 342 g/mol. The topological polar surface area (TPSA) is 64.2 Å². The van der Waals surface area contributed by atoms with Crippen LogP contribution in [-0.2, 0) is 17.5 Å². The Kier molecular flexibility index (Phi) is 4.10. The van der Waals surface area contributed by atoms with Crippen molar-refractivity contribution in [3.8, 4) is 0 Å². The molecule has 6 nitrogen and oxygen atoms in total. The first-order valence-corrected chi connectivity index (χ1v) is 7.60. The van der Waals surface area contributed by atoms with Crippen LogP contribution in [0, 0.1) is 13.8 Å². The number of carbonyl (C=O) groups is 1. The van der Waals surface area contributed by atoms with E-state index in [1.54, 1.807) is 17.9 Å². The van der Waals surface area contributed by atoms with Crippen LogP contribution in [0.1, 0.15) is 41.7 Å². The van der Waals surface area contributed by atoms with Gasteiger partial charge in [0.1, 0.15) is 6.54 Å². The van der Waals surface area contributed by atoms with Crippen molar-refractivity contribution in [2.45, 2.75) is 45.5 Å². The molecular formula is C15H17F3N4O2. The van der Waals surface area contributed by atoms with Gasteiger partial charge in [-0.25, -0.2) is 0 Å².